The Hall–Kier alpha value is -0.570. The third-order valence-corrected chi connectivity index (χ3v) is 3.66. The first-order valence-electron chi connectivity index (χ1n) is 7.02. The van der Waals surface area contributed by atoms with Crippen LogP contribution in [-0.4, -0.2) is 24.0 Å². The first kappa shape index (κ1) is 16.4. The summed E-state index contributed by atoms with van der Waals surface area (Å²) in [6.45, 7) is 12.6. The molecule has 0 spiro atoms. The molecular formula is C14H30N2O. The maximum Gasteiger partial charge on any atom is 0.237 e. The molecule has 17 heavy (non-hydrogen) atoms. The number of carbonyl (C=O) groups is 1. The Morgan fingerprint density at radius 2 is 1.53 bits per heavy atom. The lowest BCUT2D eigenvalue weighted by Crippen LogP contribution is -2.49. The van der Waals surface area contributed by atoms with Crippen LogP contribution in [0, 0.1) is 5.92 Å². The minimum Gasteiger partial charge on any atom is -0.352 e. The van der Waals surface area contributed by atoms with E-state index in [1.54, 1.807) is 0 Å². The van der Waals surface area contributed by atoms with Gasteiger partial charge in [-0.1, -0.05) is 33.6 Å². The summed E-state index contributed by atoms with van der Waals surface area (Å²) in [5, 5.41) is 6.41. The summed E-state index contributed by atoms with van der Waals surface area (Å²) >= 11 is 0. The van der Waals surface area contributed by atoms with Crippen LogP contribution in [0.25, 0.3) is 0 Å². The van der Waals surface area contributed by atoms with Gasteiger partial charge in [0.05, 0.1) is 6.04 Å². The molecule has 0 rings (SSSR count). The van der Waals surface area contributed by atoms with Gasteiger partial charge in [-0.15, -0.1) is 0 Å². The van der Waals surface area contributed by atoms with Gasteiger partial charge in [0, 0.05) is 12.1 Å². The van der Waals surface area contributed by atoms with E-state index in [0.717, 1.165) is 19.3 Å². The van der Waals surface area contributed by atoms with Crippen molar-refractivity contribution in [1.29, 1.82) is 0 Å². The fourth-order valence-corrected chi connectivity index (χ4v) is 2.07. The molecule has 0 aromatic rings. The zero-order chi connectivity index (χ0) is 13.4. The Morgan fingerprint density at radius 1 is 1.00 bits per heavy atom. The van der Waals surface area contributed by atoms with E-state index in [1.807, 2.05) is 13.8 Å². The summed E-state index contributed by atoms with van der Waals surface area (Å²) in [4.78, 5) is 11.9. The minimum atomic E-state index is -0.111. The smallest absolute Gasteiger partial charge is 0.237 e. The van der Waals surface area contributed by atoms with Crippen molar-refractivity contribution in [1.82, 2.24) is 10.6 Å². The first-order valence-corrected chi connectivity index (χ1v) is 7.02. The van der Waals surface area contributed by atoms with Crippen LogP contribution in [0.5, 0.6) is 0 Å². The monoisotopic (exact) mass is 242 g/mol. The Balaban J connectivity index is 4.14. The molecule has 1 amide bonds. The third kappa shape index (κ3) is 6.06. The van der Waals surface area contributed by atoms with E-state index in [9.17, 15) is 4.79 Å². The fraction of sp³-hybridized carbons (Fsp3) is 0.929. The largest absolute Gasteiger partial charge is 0.352 e. The summed E-state index contributed by atoms with van der Waals surface area (Å²) in [7, 11) is 0. The molecule has 3 unspecified atom stereocenters. The Morgan fingerprint density at radius 3 is 1.94 bits per heavy atom. The zero-order valence-electron chi connectivity index (χ0n) is 12.3. The number of rotatable bonds is 8. The second-order valence-electron chi connectivity index (χ2n) is 5.07. The summed E-state index contributed by atoms with van der Waals surface area (Å²) < 4.78 is 0. The van der Waals surface area contributed by atoms with Gasteiger partial charge in [0.25, 0.3) is 0 Å². The first-order chi connectivity index (χ1) is 7.96. The van der Waals surface area contributed by atoms with Crippen molar-refractivity contribution in [3.63, 3.8) is 0 Å². The molecule has 0 saturated heterocycles. The lowest BCUT2D eigenvalue weighted by Gasteiger charge is -2.26. The van der Waals surface area contributed by atoms with Crippen molar-refractivity contribution in [2.24, 2.45) is 5.92 Å². The summed E-state index contributed by atoms with van der Waals surface area (Å²) in [5.41, 5.74) is 0. The van der Waals surface area contributed by atoms with Gasteiger partial charge in [-0.25, -0.2) is 0 Å². The third-order valence-electron chi connectivity index (χ3n) is 3.66. The average Bonchev–Trinajstić information content (AvgIpc) is 2.30. The molecule has 102 valence electrons. The molecule has 0 aromatic carbocycles. The SMILES string of the molecule is CCC(C)NC(=O)C(C)NC(C)C(CC)CC. The Bertz CT molecular complexity index is 214. The topological polar surface area (TPSA) is 41.1 Å². The molecule has 3 heteroatoms. The number of nitrogens with one attached hydrogen (secondary N) is 2. The van der Waals surface area contributed by atoms with E-state index in [2.05, 4.69) is 38.3 Å². The van der Waals surface area contributed by atoms with Crippen LogP contribution in [-0.2, 0) is 4.79 Å². The van der Waals surface area contributed by atoms with Gasteiger partial charge >= 0.3 is 0 Å². The number of hydrogen-bond acceptors (Lipinski definition) is 2. The maximum atomic E-state index is 11.9. The van der Waals surface area contributed by atoms with Crippen LogP contribution in [0.1, 0.15) is 60.8 Å². The Kier molecular flexibility index (Phi) is 8.23. The predicted molar refractivity (Wildman–Crippen MR) is 74.0 cm³/mol. The van der Waals surface area contributed by atoms with Crippen molar-refractivity contribution >= 4 is 5.91 Å². The van der Waals surface area contributed by atoms with Gasteiger partial charge < -0.3 is 10.6 Å². The standard InChI is InChI=1S/C14H30N2O/c1-7-10(4)15-14(17)12(6)16-11(5)13(8-2)9-3/h10-13,16H,7-9H2,1-6H3,(H,15,17). The van der Waals surface area contributed by atoms with Gasteiger partial charge in [0.2, 0.25) is 5.91 Å². The molecule has 0 aliphatic rings. The second-order valence-corrected chi connectivity index (χ2v) is 5.07. The van der Waals surface area contributed by atoms with Crippen molar-refractivity contribution in [2.45, 2.75) is 78.9 Å². The van der Waals surface area contributed by atoms with Crippen LogP contribution in [0.2, 0.25) is 0 Å². The van der Waals surface area contributed by atoms with Crippen LogP contribution in [0.4, 0.5) is 0 Å². The van der Waals surface area contributed by atoms with Gasteiger partial charge in [-0.05, 0) is 33.1 Å². The van der Waals surface area contributed by atoms with Crippen molar-refractivity contribution in [3.8, 4) is 0 Å². The van der Waals surface area contributed by atoms with E-state index in [0.29, 0.717) is 12.0 Å². The molecule has 3 nitrogen and oxygen atoms in total. The van der Waals surface area contributed by atoms with Crippen LogP contribution in [0.15, 0.2) is 0 Å². The molecule has 3 atom stereocenters. The highest BCUT2D eigenvalue weighted by Gasteiger charge is 2.20. The summed E-state index contributed by atoms with van der Waals surface area (Å²) in [5.74, 6) is 0.756. The van der Waals surface area contributed by atoms with E-state index in [4.69, 9.17) is 0 Å². The molecule has 0 fully saturated rings. The van der Waals surface area contributed by atoms with Crippen LogP contribution < -0.4 is 10.6 Å². The molecule has 0 aliphatic heterocycles. The van der Waals surface area contributed by atoms with Gasteiger partial charge in [0.1, 0.15) is 0 Å². The molecule has 0 radical (unpaired) electrons. The Labute approximate surface area is 107 Å². The van der Waals surface area contributed by atoms with Crippen molar-refractivity contribution in [3.05, 3.63) is 0 Å². The second kappa shape index (κ2) is 8.51. The average molecular weight is 242 g/mol. The lowest BCUT2D eigenvalue weighted by molar-refractivity contribution is -0.123. The predicted octanol–water partition coefficient (Wildman–Crippen LogP) is 2.70. The molecule has 2 N–H and O–H groups in total. The van der Waals surface area contributed by atoms with Gasteiger partial charge in [-0.2, -0.15) is 0 Å². The van der Waals surface area contributed by atoms with E-state index in [1.165, 1.54) is 0 Å². The highest BCUT2D eigenvalue weighted by atomic mass is 16.2. The van der Waals surface area contributed by atoms with Gasteiger partial charge in [-0.3, -0.25) is 4.79 Å². The fourth-order valence-electron chi connectivity index (χ4n) is 2.07. The van der Waals surface area contributed by atoms with Crippen LogP contribution >= 0.6 is 0 Å². The van der Waals surface area contributed by atoms with E-state index >= 15 is 0 Å². The summed E-state index contributed by atoms with van der Waals surface area (Å²) in [6, 6.07) is 0.539. The normalized spacial score (nSPS) is 16.6. The number of amides is 1. The lowest BCUT2D eigenvalue weighted by atomic mass is 9.95. The van der Waals surface area contributed by atoms with Crippen LogP contribution in [0.3, 0.4) is 0 Å². The molecular weight excluding hydrogens is 212 g/mol. The molecule has 0 aliphatic carbocycles. The number of carbonyl (C=O) groups excluding carboxylic acids is 1. The molecule has 0 heterocycles. The number of hydrogen-bond donors (Lipinski definition) is 2. The van der Waals surface area contributed by atoms with Crippen molar-refractivity contribution in [2.75, 3.05) is 0 Å². The summed E-state index contributed by atoms with van der Waals surface area (Å²) in [6.07, 6.45) is 3.29. The maximum absolute atomic E-state index is 11.9. The zero-order valence-corrected chi connectivity index (χ0v) is 12.3. The molecule has 0 saturated carbocycles. The quantitative estimate of drug-likeness (QED) is 0.687. The van der Waals surface area contributed by atoms with Crippen molar-refractivity contribution < 1.29 is 4.79 Å². The van der Waals surface area contributed by atoms with E-state index in [-0.39, 0.29) is 18.0 Å². The van der Waals surface area contributed by atoms with E-state index < -0.39 is 0 Å². The molecule has 0 bridgehead atoms. The highest BCUT2D eigenvalue weighted by Crippen LogP contribution is 2.13. The molecule has 0 aromatic heterocycles. The highest BCUT2D eigenvalue weighted by molar-refractivity contribution is 5.81. The van der Waals surface area contributed by atoms with Gasteiger partial charge in [0.15, 0.2) is 0 Å². The minimum absolute atomic E-state index is 0.108.